The normalized spacial score (nSPS) is 37.5. The summed E-state index contributed by atoms with van der Waals surface area (Å²) in [6, 6.07) is 6.42. The number of hydrogen-bond donors (Lipinski definition) is 0. The van der Waals surface area contributed by atoms with Crippen molar-refractivity contribution in [3.63, 3.8) is 0 Å². The van der Waals surface area contributed by atoms with E-state index in [-0.39, 0.29) is 12.4 Å². The molecular weight excluding hydrogens is 337 g/mol. The van der Waals surface area contributed by atoms with Crippen LogP contribution in [0.1, 0.15) is 37.7 Å². The summed E-state index contributed by atoms with van der Waals surface area (Å²) < 4.78 is 0. The van der Waals surface area contributed by atoms with Crippen molar-refractivity contribution in [2.24, 2.45) is 17.8 Å². The molecule has 1 nitrogen and oxygen atoms in total. The van der Waals surface area contributed by atoms with Crippen molar-refractivity contribution in [2.75, 3.05) is 20.1 Å². The fourth-order valence-corrected chi connectivity index (χ4v) is 6.00. The zero-order valence-electron chi connectivity index (χ0n) is 13.0. The van der Waals surface area contributed by atoms with Gasteiger partial charge in [-0.3, -0.25) is 0 Å². The zero-order valence-corrected chi connectivity index (χ0v) is 15.4. The number of rotatable bonds is 1. The molecule has 4 aliphatic rings. The summed E-state index contributed by atoms with van der Waals surface area (Å²) >= 11 is 12.5. The van der Waals surface area contributed by atoms with Crippen LogP contribution in [0.25, 0.3) is 0 Å². The van der Waals surface area contributed by atoms with Crippen LogP contribution in [0.4, 0.5) is 0 Å². The molecule has 3 aliphatic carbocycles. The minimum Gasteiger partial charge on any atom is -0.305 e. The van der Waals surface area contributed by atoms with Crippen molar-refractivity contribution in [1.82, 2.24) is 4.90 Å². The molecule has 1 aromatic carbocycles. The molecule has 3 saturated carbocycles. The first-order valence-corrected chi connectivity index (χ1v) is 9.01. The molecule has 0 amide bonds. The van der Waals surface area contributed by atoms with E-state index in [1.165, 1.54) is 50.8 Å². The number of halogens is 3. The second-order valence-electron chi connectivity index (χ2n) is 7.44. The molecule has 1 aliphatic heterocycles. The monoisotopic (exact) mass is 359 g/mol. The fourth-order valence-electron chi connectivity index (χ4n) is 5.70. The van der Waals surface area contributed by atoms with Gasteiger partial charge in [0.05, 0.1) is 10.0 Å². The smallest absolute Gasteiger partial charge is 0.0595 e. The molecule has 2 bridgehead atoms. The van der Waals surface area contributed by atoms with Crippen LogP contribution in [0.15, 0.2) is 18.2 Å². The maximum Gasteiger partial charge on any atom is 0.0595 e. The maximum absolute atomic E-state index is 6.35. The predicted octanol–water partition coefficient (Wildman–Crippen LogP) is 5.42. The van der Waals surface area contributed by atoms with Crippen LogP contribution in [0.5, 0.6) is 0 Å². The lowest BCUT2D eigenvalue weighted by atomic mass is 9.56. The highest BCUT2D eigenvalue weighted by molar-refractivity contribution is 6.42. The Bertz CT molecular complexity index is 557. The average molecular weight is 361 g/mol. The highest BCUT2D eigenvalue weighted by Crippen LogP contribution is 2.58. The lowest BCUT2D eigenvalue weighted by Gasteiger charge is -2.47. The molecule has 1 heterocycles. The van der Waals surface area contributed by atoms with Crippen LogP contribution in [0, 0.1) is 17.8 Å². The Kier molecular flexibility index (Phi) is 4.73. The molecule has 4 unspecified atom stereocenters. The number of nitrogens with zero attached hydrogens (tertiary/aromatic N) is 1. The zero-order chi connectivity index (χ0) is 14.6. The van der Waals surface area contributed by atoms with Gasteiger partial charge >= 0.3 is 0 Å². The SMILES string of the molecule is CN1CC2C3CCCC(CC3)C2(c2ccc(Cl)c(Cl)c2)C1.Cl. The molecule has 5 rings (SSSR count). The van der Waals surface area contributed by atoms with Gasteiger partial charge in [-0.2, -0.15) is 0 Å². The molecule has 0 aromatic heterocycles. The maximum atomic E-state index is 6.35. The molecule has 0 radical (unpaired) electrons. The van der Waals surface area contributed by atoms with E-state index in [4.69, 9.17) is 23.2 Å². The number of likely N-dealkylation sites (tertiary alicyclic amines) is 1. The second-order valence-corrected chi connectivity index (χ2v) is 8.25. The molecule has 0 spiro atoms. The topological polar surface area (TPSA) is 3.24 Å². The largest absolute Gasteiger partial charge is 0.305 e. The third-order valence-corrected chi connectivity index (χ3v) is 7.21. The Morgan fingerprint density at radius 3 is 2.68 bits per heavy atom. The third kappa shape index (κ3) is 2.40. The Labute approximate surface area is 149 Å². The van der Waals surface area contributed by atoms with Crippen molar-refractivity contribution >= 4 is 35.6 Å². The van der Waals surface area contributed by atoms with Gasteiger partial charge in [0.2, 0.25) is 0 Å². The van der Waals surface area contributed by atoms with E-state index >= 15 is 0 Å². The van der Waals surface area contributed by atoms with Crippen LogP contribution >= 0.6 is 35.6 Å². The number of fused-ring (bicyclic) bond motifs is 3. The predicted molar refractivity (Wildman–Crippen MR) is 96.4 cm³/mol. The van der Waals surface area contributed by atoms with Crippen molar-refractivity contribution in [2.45, 2.75) is 37.5 Å². The van der Waals surface area contributed by atoms with Gasteiger partial charge in [0.15, 0.2) is 0 Å². The first-order valence-electron chi connectivity index (χ1n) is 8.25. The number of likely N-dealkylation sites (N-methyl/N-ethyl adjacent to an activating group) is 1. The minimum absolute atomic E-state index is 0. The van der Waals surface area contributed by atoms with Crippen LogP contribution in [0.2, 0.25) is 10.0 Å². The summed E-state index contributed by atoms with van der Waals surface area (Å²) in [4.78, 5) is 2.55. The van der Waals surface area contributed by atoms with E-state index in [1.54, 1.807) is 0 Å². The first kappa shape index (κ1) is 16.9. The second kappa shape index (κ2) is 6.16. The van der Waals surface area contributed by atoms with Gasteiger partial charge in [-0.1, -0.05) is 42.1 Å². The molecule has 1 saturated heterocycles. The van der Waals surface area contributed by atoms with Gasteiger partial charge in [0.25, 0.3) is 0 Å². The molecule has 122 valence electrons. The van der Waals surface area contributed by atoms with E-state index in [1.807, 2.05) is 6.07 Å². The van der Waals surface area contributed by atoms with Gasteiger partial charge in [-0.05, 0) is 61.8 Å². The van der Waals surface area contributed by atoms with Crippen LogP contribution in [-0.4, -0.2) is 25.0 Å². The van der Waals surface area contributed by atoms with Gasteiger partial charge in [0.1, 0.15) is 0 Å². The summed E-state index contributed by atoms with van der Waals surface area (Å²) in [7, 11) is 2.29. The number of hydrogen-bond acceptors (Lipinski definition) is 1. The first-order chi connectivity index (χ1) is 10.1. The van der Waals surface area contributed by atoms with Crippen LogP contribution in [-0.2, 0) is 5.41 Å². The summed E-state index contributed by atoms with van der Waals surface area (Å²) in [5.41, 5.74) is 1.77. The van der Waals surface area contributed by atoms with Crippen LogP contribution < -0.4 is 0 Å². The lowest BCUT2D eigenvalue weighted by Crippen LogP contribution is -2.47. The van der Waals surface area contributed by atoms with Gasteiger partial charge in [-0.15, -0.1) is 12.4 Å². The van der Waals surface area contributed by atoms with E-state index in [0.29, 0.717) is 10.4 Å². The fraction of sp³-hybridized carbons (Fsp3) is 0.667. The van der Waals surface area contributed by atoms with E-state index in [9.17, 15) is 0 Å². The molecular formula is C18H24Cl3N. The average Bonchev–Trinajstić information content (AvgIpc) is 2.62. The van der Waals surface area contributed by atoms with Gasteiger partial charge in [0, 0.05) is 18.5 Å². The molecule has 22 heavy (non-hydrogen) atoms. The van der Waals surface area contributed by atoms with Crippen molar-refractivity contribution in [3.8, 4) is 0 Å². The molecule has 4 atom stereocenters. The van der Waals surface area contributed by atoms with Gasteiger partial charge < -0.3 is 4.90 Å². The van der Waals surface area contributed by atoms with Crippen LogP contribution in [0.3, 0.4) is 0 Å². The summed E-state index contributed by atoms with van der Waals surface area (Å²) in [6.45, 7) is 2.44. The minimum atomic E-state index is 0. The quantitative estimate of drug-likeness (QED) is 0.646. The molecule has 1 aromatic rings. The Hall–Kier alpha value is 0.0500. The van der Waals surface area contributed by atoms with Gasteiger partial charge in [-0.25, -0.2) is 0 Å². The molecule has 0 N–H and O–H groups in total. The van der Waals surface area contributed by atoms with E-state index in [2.05, 4.69) is 24.1 Å². The Morgan fingerprint density at radius 2 is 1.91 bits per heavy atom. The molecule has 4 heteroatoms. The number of benzene rings is 1. The standard InChI is InChI=1S/C18H23Cl2N.ClH/c1-21-10-15-12-3-2-4-13(6-5-12)18(15,11-21)14-7-8-16(19)17(20)9-14;/h7-9,12-13,15H,2-6,10-11H2,1H3;1H. The Balaban J connectivity index is 0.00000144. The summed E-state index contributed by atoms with van der Waals surface area (Å²) in [6.07, 6.45) is 7.07. The van der Waals surface area contributed by atoms with Crippen molar-refractivity contribution in [1.29, 1.82) is 0 Å². The van der Waals surface area contributed by atoms with E-state index in [0.717, 1.165) is 22.8 Å². The van der Waals surface area contributed by atoms with Crippen molar-refractivity contribution < 1.29 is 0 Å². The highest BCUT2D eigenvalue weighted by Gasteiger charge is 2.57. The summed E-state index contributed by atoms with van der Waals surface area (Å²) in [5.74, 6) is 2.53. The molecule has 4 fully saturated rings. The lowest BCUT2D eigenvalue weighted by molar-refractivity contribution is 0.111. The van der Waals surface area contributed by atoms with E-state index < -0.39 is 0 Å². The van der Waals surface area contributed by atoms with Crippen molar-refractivity contribution in [3.05, 3.63) is 33.8 Å². The Morgan fingerprint density at radius 1 is 1.09 bits per heavy atom. The highest BCUT2D eigenvalue weighted by atomic mass is 35.5. The third-order valence-electron chi connectivity index (χ3n) is 6.47. The summed E-state index contributed by atoms with van der Waals surface area (Å²) in [5, 5.41) is 1.40.